The zero-order chi connectivity index (χ0) is 22.1. The molecular formula is C26H31NO4. The molecule has 0 aliphatic heterocycles. The van der Waals surface area contributed by atoms with Gasteiger partial charge >= 0.3 is 0 Å². The predicted molar refractivity (Wildman–Crippen MR) is 124 cm³/mol. The molecule has 3 aromatic carbocycles. The van der Waals surface area contributed by atoms with E-state index >= 15 is 0 Å². The van der Waals surface area contributed by atoms with Crippen molar-refractivity contribution < 1.29 is 19.7 Å². The van der Waals surface area contributed by atoms with E-state index in [4.69, 9.17) is 19.7 Å². The molecule has 2 N–H and O–H groups in total. The van der Waals surface area contributed by atoms with Crippen molar-refractivity contribution in [2.45, 2.75) is 27.1 Å². The Morgan fingerprint density at radius 1 is 0.613 bits per heavy atom. The van der Waals surface area contributed by atoms with Crippen molar-refractivity contribution in [1.29, 1.82) is 0 Å². The second-order valence-corrected chi connectivity index (χ2v) is 7.49. The number of aliphatic hydroxyl groups is 2. The standard InChI is InChI=1S/C26H31NO4/c1-20-3-8-26(17-21(20)2)27(24-9-4-22(5-10-24)18-30-15-13-28)25-11-6-23(7-12-25)19-31-16-14-29/h3-12,17,28-29H,13-16,18-19H2,1-2H3. The van der Waals surface area contributed by atoms with Crippen LogP contribution in [-0.2, 0) is 22.7 Å². The maximum atomic E-state index is 8.88. The molecule has 164 valence electrons. The van der Waals surface area contributed by atoms with Crippen molar-refractivity contribution >= 4 is 17.1 Å². The molecule has 5 nitrogen and oxygen atoms in total. The van der Waals surface area contributed by atoms with Crippen molar-refractivity contribution in [3.05, 3.63) is 89.0 Å². The second kappa shape index (κ2) is 11.6. The number of aryl methyl sites for hydroxylation is 2. The molecule has 0 atom stereocenters. The summed E-state index contributed by atoms with van der Waals surface area (Å²) in [6.07, 6.45) is 0. The molecule has 0 aromatic heterocycles. The number of ether oxygens (including phenoxy) is 2. The molecule has 0 unspecified atom stereocenters. The lowest BCUT2D eigenvalue weighted by molar-refractivity contribution is 0.0815. The first kappa shape index (κ1) is 23.0. The monoisotopic (exact) mass is 421 g/mol. The fraction of sp³-hybridized carbons (Fsp3) is 0.308. The number of benzene rings is 3. The summed E-state index contributed by atoms with van der Waals surface area (Å²) in [5.74, 6) is 0. The highest BCUT2D eigenvalue weighted by molar-refractivity contribution is 5.77. The van der Waals surface area contributed by atoms with Crippen LogP contribution in [0.3, 0.4) is 0 Å². The Balaban J connectivity index is 1.89. The Morgan fingerprint density at radius 2 is 1.06 bits per heavy atom. The minimum atomic E-state index is 0.0275. The molecule has 0 saturated heterocycles. The van der Waals surface area contributed by atoms with Crippen molar-refractivity contribution in [1.82, 2.24) is 0 Å². The van der Waals surface area contributed by atoms with Gasteiger partial charge in [0.15, 0.2) is 0 Å². The van der Waals surface area contributed by atoms with Gasteiger partial charge in [-0.3, -0.25) is 0 Å². The molecule has 0 spiro atoms. The third-order valence-electron chi connectivity index (χ3n) is 5.15. The maximum Gasteiger partial charge on any atom is 0.0718 e. The van der Waals surface area contributed by atoms with Gasteiger partial charge in [0.25, 0.3) is 0 Å². The molecule has 0 fully saturated rings. The Hall–Kier alpha value is -2.70. The average molecular weight is 422 g/mol. The van der Waals surface area contributed by atoms with Gasteiger partial charge < -0.3 is 24.6 Å². The first-order chi connectivity index (χ1) is 15.1. The van der Waals surface area contributed by atoms with Crippen molar-refractivity contribution in [3.63, 3.8) is 0 Å². The summed E-state index contributed by atoms with van der Waals surface area (Å²) in [7, 11) is 0. The SMILES string of the molecule is Cc1ccc(N(c2ccc(COCCO)cc2)c2ccc(COCCO)cc2)cc1C. The van der Waals surface area contributed by atoms with Crippen LogP contribution < -0.4 is 4.90 Å². The molecule has 0 saturated carbocycles. The third kappa shape index (κ3) is 6.39. The summed E-state index contributed by atoms with van der Waals surface area (Å²) in [6.45, 7) is 5.93. The first-order valence-corrected chi connectivity index (χ1v) is 10.5. The zero-order valence-corrected chi connectivity index (χ0v) is 18.3. The van der Waals surface area contributed by atoms with Crippen LogP contribution in [0, 0.1) is 13.8 Å². The van der Waals surface area contributed by atoms with Crippen LogP contribution in [0.4, 0.5) is 17.1 Å². The van der Waals surface area contributed by atoms with Gasteiger partial charge in [0, 0.05) is 17.1 Å². The Morgan fingerprint density at radius 3 is 1.48 bits per heavy atom. The minimum absolute atomic E-state index is 0.0275. The van der Waals surface area contributed by atoms with Crippen LogP contribution in [-0.4, -0.2) is 36.6 Å². The second-order valence-electron chi connectivity index (χ2n) is 7.49. The summed E-state index contributed by atoms with van der Waals surface area (Å²) < 4.78 is 10.9. The Kier molecular flexibility index (Phi) is 8.62. The molecular weight excluding hydrogens is 390 g/mol. The highest BCUT2D eigenvalue weighted by Crippen LogP contribution is 2.35. The number of anilines is 3. The molecule has 31 heavy (non-hydrogen) atoms. The lowest BCUT2D eigenvalue weighted by Crippen LogP contribution is -2.11. The van der Waals surface area contributed by atoms with Gasteiger partial charge in [-0.15, -0.1) is 0 Å². The van der Waals surface area contributed by atoms with E-state index in [9.17, 15) is 0 Å². The smallest absolute Gasteiger partial charge is 0.0718 e. The summed E-state index contributed by atoms with van der Waals surface area (Å²) in [5.41, 5.74) is 7.83. The van der Waals surface area contributed by atoms with E-state index in [2.05, 4.69) is 85.5 Å². The van der Waals surface area contributed by atoms with E-state index in [1.54, 1.807) is 0 Å². The lowest BCUT2D eigenvalue weighted by atomic mass is 10.1. The van der Waals surface area contributed by atoms with Crippen LogP contribution in [0.2, 0.25) is 0 Å². The van der Waals surface area contributed by atoms with Crippen LogP contribution in [0.15, 0.2) is 66.7 Å². The highest BCUT2D eigenvalue weighted by Gasteiger charge is 2.13. The predicted octanol–water partition coefficient (Wildman–Crippen LogP) is 4.79. The van der Waals surface area contributed by atoms with Crippen molar-refractivity contribution in [3.8, 4) is 0 Å². The van der Waals surface area contributed by atoms with E-state index in [0.717, 1.165) is 28.2 Å². The molecule has 0 aliphatic carbocycles. The van der Waals surface area contributed by atoms with Gasteiger partial charge in [0.2, 0.25) is 0 Å². The van der Waals surface area contributed by atoms with Crippen LogP contribution in [0.1, 0.15) is 22.3 Å². The largest absolute Gasteiger partial charge is 0.394 e. The summed E-state index contributed by atoms with van der Waals surface area (Å²) in [5, 5.41) is 17.8. The van der Waals surface area contributed by atoms with Gasteiger partial charge in [0.05, 0.1) is 39.6 Å². The third-order valence-corrected chi connectivity index (χ3v) is 5.15. The maximum absolute atomic E-state index is 8.88. The molecule has 5 heteroatoms. The van der Waals surface area contributed by atoms with Gasteiger partial charge in [-0.05, 0) is 72.5 Å². The molecule has 0 amide bonds. The Bertz CT molecular complexity index is 885. The fourth-order valence-electron chi connectivity index (χ4n) is 3.30. The fourth-order valence-corrected chi connectivity index (χ4v) is 3.30. The normalized spacial score (nSPS) is 11.0. The van der Waals surface area contributed by atoms with Gasteiger partial charge in [-0.25, -0.2) is 0 Å². The summed E-state index contributed by atoms with van der Waals surface area (Å²) in [6, 6.07) is 23.1. The number of hydrogen-bond donors (Lipinski definition) is 2. The highest BCUT2D eigenvalue weighted by atomic mass is 16.5. The lowest BCUT2D eigenvalue weighted by Gasteiger charge is -2.26. The van der Waals surface area contributed by atoms with Crippen molar-refractivity contribution in [2.75, 3.05) is 31.3 Å². The summed E-state index contributed by atoms with van der Waals surface area (Å²) in [4.78, 5) is 2.23. The van der Waals surface area contributed by atoms with Gasteiger partial charge in [-0.1, -0.05) is 30.3 Å². The van der Waals surface area contributed by atoms with Crippen LogP contribution >= 0.6 is 0 Å². The number of hydrogen-bond acceptors (Lipinski definition) is 5. The molecule has 3 aromatic rings. The van der Waals surface area contributed by atoms with Crippen molar-refractivity contribution in [2.24, 2.45) is 0 Å². The first-order valence-electron chi connectivity index (χ1n) is 10.5. The molecule has 0 bridgehead atoms. The van der Waals surface area contributed by atoms with E-state index in [-0.39, 0.29) is 13.2 Å². The van der Waals surface area contributed by atoms with E-state index in [1.807, 2.05) is 0 Å². The number of rotatable bonds is 11. The molecule has 0 aliphatic rings. The number of aliphatic hydroxyl groups excluding tert-OH is 2. The van der Waals surface area contributed by atoms with Crippen LogP contribution in [0.5, 0.6) is 0 Å². The average Bonchev–Trinajstić information content (AvgIpc) is 2.79. The molecule has 0 heterocycles. The molecule has 0 radical (unpaired) electrons. The Labute approximate surface area is 184 Å². The van der Waals surface area contributed by atoms with Gasteiger partial charge in [-0.2, -0.15) is 0 Å². The minimum Gasteiger partial charge on any atom is -0.394 e. The topological polar surface area (TPSA) is 62.2 Å². The van der Waals surface area contributed by atoms with E-state index in [1.165, 1.54) is 11.1 Å². The quantitative estimate of drug-likeness (QED) is 0.436. The molecule has 3 rings (SSSR count). The van der Waals surface area contributed by atoms with E-state index in [0.29, 0.717) is 26.4 Å². The van der Waals surface area contributed by atoms with Crippen LogP contribution in [0.25, 0.3) is 0 Å². The van der Waals surface area contributed by atoms with Gasteiger partial charge in [0.1, 0.15) is 0 Å². The zero-order valence-electron chi connectivity index (χ0n) is 18.3. The number of nitrogens with zero attached hydrogens (tertiary/aromatic N) is 1. The van der Waals surface area contributed by atoms with E-state index < -0.39 is 0 Å². The summed E-state index contributed by atoms with van der Waals surface area (Å²) >= 11 is 0.